The number of alkyl halides is 3. The molecule has 0 aliphatic carbocycles. The van der Waals surface area contributed by atoms with Gasteiger partial charge in [-0.2, -0.15) is 13.2 Å². The molecule has 0 radical (unpaired) electrons. The highest BCUT2D eigenvalue weighted by molar-refractivity contribution is 9.10. The third-order valence-corrected chi connectivity index (χ3v) is 1.93. The fraction of sp³-hybridized carbons (Fsp3) is 0.286. The van der Waals surface area contributed by atoms with Crippen LogP contribution in [0.3, 0.4) is 0 Å². The van der Waals surface area contributed by atoms with Gasteiger partial charge in [0.05, 0.1) is 4.92 Å². The molecule has 0 bridgehead atoms. The van der Waals surface area contributed by atoms with Gasteiger partial charge in [-0.1, -0.05) is 0 Å². The topological polar surface area (TPSA) is 68.1 Å². The lowest BCUT2D eigenvalue weighted by Crippen LogP contribution is -2.22. The molecule has 1 aromatic heterocycles. The van der Waals surface area contributed by atoms with Gasteiger partial charge in [0.25, 0.3) is 0 Å². The summed E-state index contributed by atoms with van der Waals surface area (Å²) in [6.07, 6.45) is -4.46. The fourth-order valence-electron chi connectivity index (χ4n) is 0.889. The van der Waals surface area contributed by atoms with Gasteiger partial charge in [0.1, 0.15) is 11.1 Å². The molecule has 0 amide bonds. The Balaban J connectivity index is 2.93. The monoisotopic (exact) mass is 299 g/mol. The number of pyridine rings is 1. The summed E-state index contributed by atoms with van der Waals surface area (Å²) >= 11 is 2.91. The third kappa shape index (κ3) is 3.65. The van der Waals surface area contributed by atoms with Crippen molar-refractivity contribution in [1.29, 1.82) is 0 Å². The third-order valence-electron chi connectivity index (χ3n) is 1.49. The van der Waals surface area contributed by atoms with Crippen LogP contribution in [0.25, 0.3) is 0 Å². The summed E-state index contributed by atoms with van der Waals surface area (Å²) in [6, 6.07) is 2.34. The van der Waals surface area contributed by atoms with Crippen LogP contribution in [0.5, 0.6) is 0 Å². The number of rotatable bonds is 3. The van der Waals surface area contributed by atoms with Crippen molar-refractivity contribution < 1.29 is 18.1 Å². The van der Waals surface area contributed by atoms with Gasteiger partial charge in [0, 0.05) is 6.07 Å². The number of hydrogen-bond donors (Lipinski definition) is 1. The van der Waals surface area contributed by atoms with Gasteiger partial charge in [0.2, 0.25) is 5.82 Å². The summed E-state index contributed by atoms with van der Waals surface area (Å²) in [5, 5.41) is 12.4. The molecular formula is C7H5BrF3N3O2. The Morgan fingerprint density at radius 2 is 2.12 bits per heavy atom. The molecule has 0 fully saturated rings. The maximum Gasteiger partial charge on any atom is 0.405 e. The minimum absolute atomic E-state index is 0.211. The largest absolute Gasteiger partial charge is 0.405 e. The van der Waals surface area contributed by atoms with Crippen LogP contribution in [0.2, 0.25) is 0 Å². The first-order chi connectivity index (χ1) is 7.29. The van der Waals surface area contributed by atoms with Crippen LogP contribution in [0.1, 0.15) is 0 Å². The van der Waals surface area contributed by atoms with Gasteiger partial charge in [0.15, 0.2) is 0 Å². The molecule has 1 aromatic rings. The molecule has 0 aliphatic rings. The first-order valence-corrected chi connectivity index (χ1v) is 4.70. The highest BCUT2D eigenvalue weighted by Crippen LogP contribution is 2.25. The molecule has 9 heteroatoms. The molecular weight excluding hydrogens is 295 g/mol. The molecule has 0 aliphatic heterocycles. The first-order valence-electron chi connectivity index (χ1n) is 3.91. The molecule has 0 aromatic carbocycles. The van der Waals surface area contributed by atoms with Gasteiger partial charge in [-0.15, -0.1) is 0 Å². The van der Waals surface area contributed by atoms with E-state index in [1.165, 1.54) is 6.07 Å². The SMILES string of the molecule is O=[N+]([O-])c1ccc(Br)nc1NCC(F)(F)F. The summed E-state index contributed by atoms with van der Waals surface area (Å²) < 4.78 is 35.9. The number of aromatic nitrogens is 1. The van der Waals surface area contributed by atoms with E-state index in [-0.39, 0.29) is 4.60 Å². The lowest BCUT2D eigenvalue weighted by Gasteiger charge is -2.08. The van der Waals surface area contributed by atoms with Gasteiger partial charge in [-0.25, -0.2) is 4.98 Å². The Morgan fingerprint density at radius 3 is 2.62 bits per heavy atom. The molecule has 5 nitrogen and oxygen atoms in total. The van der Waals surface area contributed by atoms with E-state index in [9.17, 15) is 23.3 Å². The van der Waals surface area contributed by atoms with Crippen LogP contribution >= 0.6 is 15.9 Å². The molecule has 16 heavy (non-hydrogen) atoms. The zero-order valence-electron chi connectivity index (χ0n) is 7.58. The predicted octanol–water partition coefficient (Wildman–Crippen LogP) is 2.73. The van der Waals surface area contributed by atoms with Crippen LogP contribution in [0, 0.1) is 10.1 Å². The van der Waals surface area contributed by atoms with E-state index in [1.54, 1.807) is 0 Å². The second kappa shape index (κ2) is 4.64. The summed E-state index contributed by atoms with van der Waals surface area (Å²) in [5.41, 5.74) is -0.507. The second-order valence-corrected chi connectivity index (χ2v) is 3.54. The standard InChI is InChI=1S/C7H5BrF3N3O2/c8-5-2-1-4(14(15)16)6(13-5)12-3-7(9,10)11/h1-2H,3H2,(H,12,13). The van der Waals surface area contributed by atoms with E-state index in [0.717, 1.165) is 6.07 Å². The predicted molar refractivity (Wildman–Crippen MR) is 53.1 cm³/mol. The van der Waals surface area contributed by atoms with Crippen molar-refractivity contribution in [2.45, 2.75) is 6.18 Å². The number of anilines is 1. The van der Waals surface area contributed by atoms with Crippen LogP contribution in [-0.2, 0) is 0 Å². The Kier molecular flexibility index (Phi) is 3.68. The van der Waals surface area contributed by atoms with Crippen LogP contribution in [0.4, 0.5) is 24.7 Å². The van der Waals surface area contributed by atoms with Crippen molar-refractivity contribution in [3.05, 3.63) is 26.9 Å². The summed E-state index contributed by atoms with van der Waals surface area (Å²) in [5.74, 6) is -0.420. The highest BCUT2D eigenvalue weighted by Gasteiger charge is 2.28. The van der Waals surface area contributed by atoms with Crippen molar-refractivity contribution in [2.75, 3.05) is 11.9 Å². The average molecular weight is 300 g/mol. The minimum Gasteiger partial charge on any atom is -0.355 e. The van der Waals surface area contributed by atoms with Crippen molar-refractivity contribution in [3.63, 3.8) is 0 Å². The van der Waals surface area contributed by atoms with Crippen molar-refractivity contribution in [2.24, 2.45) is 0 Å². The van der Waals surface area contributed by atoms with E-state index < -0.39 is 29.1 Å². The maximum atomic E-state index is 11.9. The lowest BCUT2D eigenvalue weighted by atomic mass is 10.4. The van der Waals surface area contributed by atoms with Crippen molar-refractivity contribution in [1.82, 2.24) is 4.98 Å². The van der Waals surface area contributed by atoms with Gasteiger partial charge < -0.3 is 5.32 Å². The zero-order valence-corrected chi connectivity index (χ0v) is 9.17. The van der Waals surface area contributed by atoms with E-state index in [2.05, 4.69) is 20.9 Å². The molecule has 1 N–H and O–H groups in total. The molecule has 1 heterocycles. The van der Waals surface area contributed by atoms with Gasteiger partial charge >= 0.3 is 11.9 Å². The van der Waals surface area contributed by atoms with Crippen LogP contribution in [-0.4, -0.2) is 22.6 Å². The van der Waals surface area contributed by atoms with Crippen molar-refractivity contribution in [3.8, 4) is 0 Å². The zero-order chi connectivity index (χ0) is 12.3. The highest BCUT2D eigenvalue weighted by atomic mass is 79.9. The molecule has 0 saturated heterocycles. The quantitative estimate of drug-likeness (QED) is 0.529. The Hall–Kier alpha value is -1.38. The first kappa shape index (κ1) is 12.7. The molecule has 88 valence electrons. The van der Waals surface area contributed by atoms with Gasteiger partial charge in [-0.3, -0.25) is 10.1 Å². The van der Waals surface area contributed by atoms with Crippen LogP contribution in [0.15, 0.2) is 16.7 Å². The molecule has 0 atom stereocenters. The summed E-state index contributed by atoms with van der Waals surface area (Å²) in [4.78, 5) is 13.2. The molecule has 0 spiro atoms. The number of nitrogens with zero attached hydrogens (tertiary/aromatic N) is 2. The van der Waals surface area contributed by atoms with E-state index in [0.29, 0.717) is 0 Å². The minimum atomic E-state index is -4.46. The average Bonchev–Trinajstić information content (AvgIpc) is 2.13. The maximum absolute atomic E-state index is 11.9. The number of nitrogens with one attached hydrogen (secondary N) is 1. The summed E-state index contributed by atoms with van der Waals surface area (Å²) in [6.45, 7) is -1.38. The van der Waals surface area contributed by atoms with E-state index >= 15 is 0 Å². The lowest BCUT2D eigenvalue weighted by molar-refractivity contribution is -0.384. The number of halogens is 4. The Labute approximate surface area is 95.9 Å². The molecule has 1 rings (SSSR count). The van der Waals surface area contributed by atoms with E-state index in [4.69, 9.17) is 0 Å². The Morgan fingerprint density at radius 1 is 1.50 bits per heavy atom. The van der Waals surface area contributed by atoms with Crippen LogP contribution < -0.4 is 5.32 Å². The van der Waals surface area contributed by atoms with E-state index in [1.807, 2.05) is 5.32 Å². The van der Waals surface area contributed by atoms with Crippen molar-refractivity contribution >= 4 is 27.4 Å². The molecule has 0 unspecified atom stereocenters. The van der Waals surface area contributed by atoms with Gasteiger partial charge in [-0.05, 0) is 22.0 Å². The molecule has 0 saturated carbocycles. The number of nitro groups is 1. The second-order valence-electron chi connectivity index (χ2n) is 2.73. The summed E-state index contributed by atoms with van der Waals surface area (Å²) in [7, 11) is 0. The smallest absolute Gasteiger partial charge is 0.355 e. The fourth-order valence-corrected chi connectivity index (χ4v) is 1.20. The number of hydrogen-bond acceptors (Lipinski definition) is 4. The Bertz CT molecular complexity index is 410. The normalized spacial score (nSPS) is 11.2.